The van der Waals surface area contributed by atoms with Crippen molar-refractivity contribution in [2.45, 2.75) is 46.1 Å². The lowest BCUT2D eigenvalue weighted by Gasteiger charge is -2.24. The minimum Gasteiger partial charge on any atom is -0.445 e. The van der Waals surface area contributed by atoms with E-state index >= 15 is 0 Å². The van der Waals surface area contributed by atoms with Gasteiger partial charge in [0.2, 0.25) is 0 Å². The summed E-state index contributed by atoms with van der Waals surface area (Å²) in [6, 6.07) is 9.82. The molecule has 1 aliphatic rings. The van der Waals surface area contributed by atoms with E-state index in [1.807, 2.05) is 37.3 Å². The molecule has 3 heterocycles. The van der Waals surface area contributed by atoms with Crippen molar-refractivity contribution in [3.8, 4) is 11.4 Å². The van der Waals surface area contributed by atoms with Gasteiger partial charge in [-0.3, -0.25) is 4.79 Å². The fourth-order valence-electron chi connectivity index (χ4n) is 3.24. The van der Waals surface area contributed by atoms with Crippen LogP contribution in [0.3, 0.4) is 0 Å². The number of aryl methyl sites for hydroxylation is 1. The summed E-state index contributed by atoms with van der Waals surface area (Å²) in [5, 5.41) is 0. The highest BCUT2D eigenvalue weighted by Crippen LogP contribution is 2.28. The number of rotatable bonds is 2. The first-order valence-corrected chi connectivity index (χ1v) is 9.23. The normalized spacial score (nSPS) is 14.3. The Morgan fingerprint density at radius 3 is 2.63 bits per heavy atom. The second kappa shape index (κ2) is 6.37. The van der Waals surface area contributed by atoms with Crippen molar-refractivity contribution in [1.29, 1.82) is 0 Å². The van der Waals surface area contributed by atoms with Gasteiger partial charge in [0.15, 0.2) is 5.89 Å². The number of carbonyl (C=O) groups excluding carboxylic acids is 1. The molecule has 1 aliphatic heterocycles. The van der Waals surface area contributed by atoms with Gasteiger partial charge < -0.3 is 14.3 Å². The second-order valence-electron chi connectivity index (χ2n) is 8.04. The SMILES string of the molecule is Cc1[nH]c(-c2ccccc2)nc1C(=O)N1CCc2oc(C(C)(C)C)nc2C1. The lowest BCUT2D eigenvalue weighted by molar-refractivity contribution is 0.0721. The van der Waals surface area contributed by atoms with E-state index < -0.39 is 0 Å². The van der Waals surface area contributed by atoms with Gasteiger partial charge in [0, 0.05) is 29.6 Å². The number of hydrogen-bond donors (Lipinski definition) is 1. The number of aromatic nitrogens is 3. The Labute approximate surface area is 158 Å². The molecule has 0 fully saturated rings. The molecule has 6 nitrogen and oxygen atoms in total. The van der Waals surface area contributed by atoms with Crippen molar-refractivity contribution in [3.05, 3.63) is 59.1 Å². The van der Waals surface area contributed by atoms with Crippen LogP contribution in [0, 0.1) is 6.92 Å². The standard InChI is InChI=1S/C21H24N4O2/c1-13-17(24-18(22-13)14-8-6-5-7-9-14)19(26)25-11-10-16-15(12-25)23-20(27-16)21(2,3)4/h5-9H,10-12H2,1-4H3,(H,22,24). The van der Waals surface area contributed by atoms with Gasteiger partial charge in [-0.05, 0) is 6.92 Å². The number of imidazole rings is 1. The molecule has 1 aromatic carbocycles. The van der Waals surface area contributed by atoms with E-state index in [0.717, 1.165) is 28.6 Å². The summed E-state index contributed by atoms with van der Waals surface area (Å²) in [5.41, 5.74) is 2.93. The quantitative estimate of drug-likeness (QED) is 0.749. The number of aromatic amines is 1. The molecule has 140 valence electrons. The third-order valence-electron chi connectivity index (χ3n) is 4.79. The van der Waals surface area contributed by atoms with E-state index in [9.17, 15) is 4.79 Å². The maximum absolute atomic E-state index is 13.1. The smallest absolute Gasteiger partial charge is 0.274 e. The molecule has 0 saturated heterocycles. The van der Waals surface area contributed by atoms with Crippen molar-refractivity contribution < 1.29 is 9.21 Å². The molecular formula is C21H24N4O2. The Morgan fingerprint density at radius 1 is 1.19 bits per heavy atom. The zero-order valence-corrected chi connectivity index (χ0v) is 16.2. The van der Waals surface area contributed by atoms with E-state index in [2.05, 4.69) is 35.7 Å². The van der Waals surface area contributed by atoms with Crippen LogP contribution < -0.4 is 0 Å². The molecule has 0 radical (unpaired) electrons. The topological polar surface area (TPSA) is 75.0 Å². The Hall–Kier alpha value is -2.89. The molecular weight excluding hydrogens is 340 g/mol. The largest absolute Gasteiger partial charge is 0.445 e. The maximum Gasteiger partial charge on any atom is 0.274 e. The number of hydrogen-bond acceptors (Lipinski definition) is 4. The van der Waals surface area contributed by atoms with Gasteiger partial charge in [0.25, 0.3) is 5.91 Å². The molecule has 0 spiro atoms. The van der Waals surface area contributed by atoms with Gasteiger partial charge in [-0.15, -0.1) is 0 Å². The van der Waals surface area contributed by atoms with Crippen molar-refractivity contribution >= 4 is 5.91 Å². The Bertz CT molecular complexity index is 980. The van der Waals surface area contributed by atoms with Gasteiger partial charge in [-0.1, -0.05) is 51.1 Å². The molecule has 1 amide bonds. The second-order valence-corrected chi connectivity index (χ2v) is 8.04. The van der Waals surface area contributed by atoms with Crippen LogP contribution in [0.5, 0.6) is 0 Å². The predicted molar refractivity (Wildman–Crippen MR) is 102 cm³/mol. The van der Waals surface area contributed by atoms with Gasteiger partial charge in [-0.2, -0.15) is 0 Å². The number of amides is 1. The molecule has 0 saturated carbocycles. The number of oxazole rings is 1. The van der Waals surface area contributed by atoms with Crippen molar-refractivity contribution in [1.82, 2.24) is 19.9 Å². The predicted octanol–water partition coefficient (Wildman–Crippen LogP) is 3.87. The summed E-state index contributed by atoms with van der Waals surface area (Å²) in [5.74, 6) is 2.26. The lowest BCUT2D eigenvalue weighted by Crippen LogP contribution is -2.36. The highest BCUT2D eigenvalue weighted by molar-refractivity contribution is 5.94. The first-order valence-electron chi connectivity index (χ1n) is 9.23. The van der Waals surface area contributed by atoms with Gasteiger partial charge in [0.05, 0.1) is 6.54 Å². The van der Waals surface area contributed by atoms with Gasteiger partial charge in [0.1, 0.15) is 23.0 Å². The number of nitrogens with one attached hydrogen (secondary N) is 1. The van der Waals surface area contributed by atoms with Crippen LogP contribution in [0.1, 0.15) is 54.3 Å². The molecule has 3 aromatic rings. The molecule has 27 heavy (non-hydrogen) atoms. The van der Waals surface area contributed by atoms with E-state index in [4.69, 9.17) is 4.42 Å². The Morgan fingerprint density at radius 2 is 1.93 bits per heavy atom. The van der Waals surface area contributed by atoms with Gasteiger partial charge >= 0.3 is 0 Å². The van der Waals surface area contributed by atoms with Crippen molar-refractivity contribution in [3.63, 3.8) is 0 Å². The summed E-state index contributed by atoms with van der Waals surface area (Å²) in [4.78, 5) is 27.3. The third-order valence-corrected chi connectivity index (χ3v) is 4.79. The zero-order chi connectivity index (χ0) is 19.2. The monoisotopic (exact) mass is 364 g/mol. The summed E-state index contributed by atoms with van der Waals surface area (Å²) in [6.07, 6.45) is 0.680. The van der Waals surface area contributed by atoms with Crippen LogP contribution in [0.2, 0.25) is 0 Å². The number of nitrogens with zero attached hydrogens (tertiary/aromatic N) is 3. The summed E-state index contributed by atoms with van der Waals surface area (Å²) in [7, 11) is 0. The fourth-order valence-corrected chi connectivity index (χ4v) is 3.24. The lowest BCUT2D eigenvalue weighted by atomic mass is 9.97. The van der Waals surface area contributed by atoms with Crippen molar-refractivity contribution in [2.24, 2.45) is 0 Å². The Kier molecular flexibility index (Phi) is 4.13. The molecule has 2 aromatic heterocycles. The molecule has 6 heteroatoms. The fraction of sp³-hybridized carbons (Fsp3) is 0.381. The minimum atomic E-state index is -0.143. The number of fused-ring (bicyclic) bond motifs is 1. The van der Waals surface area contributed by atoms with Crippen LogP contribution in [0.15, 0.2) is 34.7 Å². The highest BCUT2D eigenvalue weighted by Gasteiger charge is 2.31. The van der Waals surface area contributed by atoms with E-state index in [0.29, 0.717) is 31.0 Å². The van der Waals surface area contributed by atoms with Crippen LogP contribution in [0.4, 0.5) is 0 Å². The first-order chi connectivity index (χ1) is 12.8. The van der Waals surface area contributed by atoms with Crippen molar-refractivity contribution in [2.75, 3.05) is 6.54 Å². The molecule has 0 atom stereocenters. The van der Waals surface area contributed by atoms with Crippen LogP contribution in [-0.2, 0) is 18.4 Å². The number of benzene rings is 1. The average Bonchev–Trinajstić information content (AvgIpc) is 3.24. The summed E-state index contributed by atoms with van der Waals surface area (Å²) in [6.45, 7) is 9.18. The molecule has 1 N–H and O–H groups in total. The zero-order valence-electron chi connectivity index (χ0n) is 16.2. The molecule has 0 bridgehead atoms. The first kappa shape index (κ1) is 17.5. The van der Waals surface area contributed by atoms with E-state index in [-0.39, 0.29) is 11.3 Å². The maximum atomic E-state index is 13.1. The number of H-pyrrole nitrogens is 1. The molecule has 0 aliphatic carbocycles. The van der Waals surface area contributed by atoms with Gasteiger partial charge in [-0.25, -0.2) is 9.97 Å². The summed E-state index contributed by atoms with van der Waals surface area (Å²) >= 11 is 0. The van der Waals surface area contributed by atoms with Crippen LogP contribution >= 0.6 is 0 Å². The van der Waals surface area contributed by atoms with Crippen LogP contribution in [0.25, 0.3) is 11.4 Å². The van der Waals surface area contributed by atoms with Crippen LogP contribution in [-0.4, -0.2) is 32.3 Å². The number of carbonyl (C=O) groups is 1. The average molecular weight is 364 g/mol. The Balaban J connectivity index is 1.58. The summed E-state index contributed by atoms with van der Waals surface area (Å²) < 4.78 is 5.92. The van der Waals surface area contributed by atoms with E-state index in [1.165, 1.54) is 0 Å². The highest BCUT2D eigenvalue weighted by atomic mass is 16.4. The molecule has 0 unspecified atom stereocenters. The third kappa shape index (κ3) is 3.27. The molecule has 4 rings (SSSR count). The minimum absolute atomic E-state index is 0.0723. The van der Waals surface area contributed by atoms with E-state index in [1.54, 1.807) is 4.90 Å².